The molecule has 0 atom stereocenters. The molecule has 2 fully saturated rings. The van der Waals surface area contributed by atoms with Crippen molar-refractivity contribution in [3.8, 4) is 17.0 Å². The molecular weight excluding hydrogens is 625 g/mol. The average Bonchev–Trinajstić information content (AvgIpc) is 3.37. The Morgan fingerprint density at radius 1 is 0.935 bits per heavy atom. The Kier molecular flexibility index (Phi) is 8.73. The molecule has 244 valence electrons. The van der Waals surface area contributed by atoms with E-state index in [1.165, 1.54) is 25.3 Å². The number of ether oxygens (including phenoxy) is 2. The molecule has 1 aliphatic heterocycles. The van der Waals surface area contributed by atoms with Crippen molar-refractivity contribution in [3.63, 3.8) is 0 Å². The molecule has 0 N–H and O–H groups in total. The molecule has 0 spiro atoms. The second-order valence-electron chi connectivity index (χ2n) is 11.6. The molecule has 0 bridgehead atoms. The van der Waals surface area contributed by atoms with E-state index in [4.69, 9.17) is 9.47 Å². The number of carbonyl (C=O) groups is 2. The van der Waals surface area contributed by atoms with Gasteiger partial charge in [-0.05, 0) is 71.0 Å². The Labute approximate surface area is 263 Å². The number of nitrogens with zero attached hydrogens (tertiary/aromatic N) is 2. The highest BCUT2D eigenvalue weighted by atomic mass is 32.2. The molecule has 1 saturated heterocycles. The first kappa shape index (κ1) is 31.9. The highest BCUT2D eigenvalue weighted by molar-refractivity contribution is 7.88. The van der Waals surface area contributed by atoms with E-state index in [-0.39, 0.29) is 18.4 Å². The summed E-state index contributed by atoms with van der Waals surface area (Å²) < 4.78 is 78.6. The van der Waals surface area contributed by atoms with Crippen molar-refractivity contribution in [3.05, 3.63) is 65.7 Å². The summed E-state index contributed by atoms with van der Waals surface area (Å²) in [6.07, 6.45) is 5.18. The first-order chi connectivity index (χ1) is 22.0. The van der Waals surface area contributed by atoms with Crippen molar-refractivity contribution in [1.82, 2.24) is 9.47 Å². The van der Waals surface area contributed by atoms with E-state index in [1.807, 2.05) is 22.8 Å². The van der Waals surface area contributed by atoms with Crippen LogP contribution in [0.1, 0.15) is 53.9 Å². The van der Waals surface area contributed by atoms with Gasteiger partial charge < -0.3 is 23.1 Å². The van der Waals surface area contributed by atoms with Crippen LogP contribution in [0.2, 0.25) is 0 Å². The highest BCUT2D eigenvalue weighted by Crippen LogP contribution is 2.45. The van der Waals surface area contributed by atoms with Gasteiger partial charge >= 0.3 is 21.6 Å². The number of halogens is 3. The predicted octanol–water partition coefficient (Wildman–Crippen LogP) is 6.38. The molecule has 1 amide bonds. The number of carbonyl (C=O) groups excluding carboxylic acids is 2. The fourth-order valence-electron chi connectivity index (χ4n) is 6.55. The van der Waals surface area contributed by atoms with Gasteiger partial charge in [-0.2, -0.15) is 21.6 Å². The largest absolute Gasteiger partial charge is 0.534 e. The van der Waals surface area contributed by atoms with Gasteiger partial charge in [0, 0.05) is 18.5 Å². The van der Waals surface area contributed by atoms with E-state index in [9.17, 15) is 31.2 Å². The molecule has 46 heavy (non-hydrogen) atoms. The zero-order chi connectivity index (χ0) is 32.6. The smallest absolute Gasteiger partial charge is 0.465 e. The van der Waals surface area contributed by atoms with Gasteiger partial charge in [-0.15, -0.1) is 0 Å². The lowest BCUT2D eigenvalue weighted by atomic mass is 9.81. The Hall–Kier alpha value is -4.10. The van der Waals surface area contributed by atoms with Crippen LogP contribution >= 0.6 is 0 Å². The van der Waals surface area contributed by atoms with Crippen molar-refractivity contribution in [1.29, 1.82) is 0 Å². The number of hydrogen-bond donors (Lipinski definition) is 0. The van der Waals surface area contributed by atoms with Crippen LogP contribution in [0.4, 0.5) is 13.2 Å². The summed E-state index contributed by atoms with van der Waals surface area (Å²) in [5, 5.41) is 2.04. The van der Waals surface area contributed by atoms with Crippen molar-refractivity contribution in [2.75, 3.05) is 33.4 Å². The van der Waals surface area contributed by atoms with Gasteiger partial charge in [0.25, 0.3) is 0 Å². The van der Waals surface area contributed by atoms with Crippen molar-refractivity contribution >= 4 is 43.7 Å². The lowest BCUT2D eigenvalue weighted by Crippen LogP contribution is -2.42. The van der Waals surface area contributed by atoms with Crippen LogP contribution in [0.5, 0.6) is 5.75 Å². The molecule has 1 aliphatic carbocycles. The predicted molar refractivity (Wildman–Crippen MR) is 165 cm³/mol. The summed E-state index contributed by atoms with van der Waals surface area (Å²) in [5.74, 6) is -0.838. The summed E-state index contributed by atoms with van der Waals surface area (Å²) in [4.78, 5) is 28.1. The van der Waals surface area contributed by atoms with Gasteiger partial charge in [0.2, 0.25) is 5.91 Å². The maximum atomic E-state index is 13.7. The Bertz CT molecular complexity index is 1910. The minimum atomic E-state index is -5.82. The molecular formula is C33H33F3N2O7S. The van der Waals surface area contributed by atoms with E-state index < -0.39 is 27.3 Å². The number of benzene rings is 3. The van der Waals surface area contributed by atoms with E-state index in [1.54, 1.807) is 23.1 Å². The molecule has 1 saturated carbocycles. The third-order valence-corrected chi connectivity index (χ3v) is 9.75. The molecule has 2 aliphatic rings. The first-order valence-electron chi connectivity index (χ1n) is 15.1. The number of methoxy groups -OCH3 is 1. The average molecular weight is 659 g/mol. The first-order valence-corrected chi connectivity index (χ1v) is 16.5. The number of aromatic nitrogens is 1. The molecule has 1 aromatic heterocycles. The van der Waals surface area contributed by atoms with Crippen molar-refractivity contribution < 1.29 is 44.8 Å². The number of esters is 1. The quantitative estimate of drug-likeness (QED) is 0.129. The third-order valence-electron chi connectivity index (χ3n) is 8.77. The summed E-state index contributed by atoms with van der Waals surface area (Å²) in [5.41, 5.74) is -1.80. The molecule has 4 aromatic rings. The number of alkyl halides is 3. The van der Waals surface area contributed by atoms with Crippen LogP contribution in [0.15, 0.2) is 54.6 Å². The molecule has 6 rings (SSSR count). The molecule has 0 unspecified atom stereocenters. The Morgan fingerprint density at radius 2 is 1.63 bits per heavy atom. The number of fused-ring (bicyclic) bond motifs is 2. The topological polar surface area (TPSA) is 104 Å². The fourth-order valence-corrected chi connectivity index (χ4v) is 7.00. The summed E-state index contributed by atoms with van der Waals surface area (Å²) in [7, 11) is -4.51. The lowest BCUT2D eigenvalue weighted by Gasteiger charge is -2.28. The van der Waals surface area contributed by atoms with Gasteiger partial charge in [0.1, 0.15) is 12.3 Å². The van der Waals surface area contributed by atoms with E-state index in [2.05, 4.69) is 4.18 Å². The molecule has 0 radical (unpaired) electrons. The van der Waals surface area contributed by atoms with Crippen LogP contribution < -0.4 is 4.18 Å². The van der Waals surface area contributed by atoms with Crippen LogP contribution in [0, 0.1) is 0 Å². The Balaban J connectivity index is 1.52. The fraction of sp³-hybridized carbons (Fsp3) is 0.394. The van der Waals surface area contributed by atoms with E-state index in [0.29, 0.717) is 42.6 Å². The minimum absolute atomic E-state index is 0.0172. The monoisotopic (exact) mass is 658 g/mol. The minimum Gasteiger partial charge on any atom is -0.465 e. The van der Waals surface area contributed by atoms with Gasteiger partial charge in [-0.3, -0.25) is 4.79 Å². The standard InChI is InChI=1S/C33H33F3N2O7S/c1-43-32(40)25-10-12-27-28(19-25)38(20-29(39)37-13-15-44-16-14-37)31(30(27)21-5-3-2-4-6-21)24-8-7-23-18-26(11-9-22(23)17-24)45-46(41,42)33(34,35)36/h7-12,17-19,21H,2-6,13-16,20H2,1H3. The third kappa shape index (κ3) is 6.17. The SMILES string of the molecule is COC(=O)c1ccc2c(C3CCCCC3)c(-c3ccc4cc(OS(=O)(=O)C(F)(F)F)ccc4c3)n(CC(=O)N3CCOCC3)c2c1. The van der Waals surface area contributed by atoms with Gasteiger partial charge in [-0.25, -0.2) is 4.79 Å². The number of rotatable bonds is 7. The summed E-state index contributed by atoms with van der Waals surface area (Å²) in [6, 6.07) is 14.7. The second kappa shape index (κ2) is 12.6. The zero-order valence-electron chi connectivity index (χ0n) is 25.1. The molecule has 9 nitrogen and oxygen atoms in total. The number of amides is 1. The van der Waals surface area contributed by atoms with Crippen LogP contribution in [0.3, 0.4) is 0 Å². The van der Waals surface area contributed by atoms with Crippen molar-refractivity contribution in [2.24, 2.45) is 0 Å². The molecule has 2 heterocycles. The van der Waals surface area contributed by atoms with Gasteiger partial charge in [0.05, 0.1) is 37.1 Å². The van der Waals surface area contributed by atoms with E-state index in [0.717, 1.165) is 59.8 Å². The normalized spacial score (nSPS) is 16.6. The Morgan fingerprint density at radius 3 is 2.33 bits per heavy atom. The van der Waals surface area contributed by atoms with Gasteiger partial charge in [-0.1, -0.05) is 43.5 Å². The second-order valence-corrected chi connectivity index (χ2v) is 13.1. The summed E-state index contributed by atoms with van der Waals surface area (Å²) >= 11 is 0. The number of morpholine rings is 1. The van der Waals surface area contributed by atoms with Crippen LogP contribution in [-0.4, -0.2) is 68.7 Å². The van der Waals surface area contributed by atoms with Gasteiger partial charge in [0.15, 0.2) is 0 Å². The lowest BCUT2D eigenvalue weighted by molar-refractivity contribution is -0.135. The van der Waals surface area contributed by atoms with Crippen LogP contribution in [0.25, 0.3) is 32.9 Å². The maximum absolute atomic E-state index is 13.7. The maximum Gasteiger partial charge on any atom is 0.534 e. The highest BCUT2D eigenvalue weighted by Gasteiger charge is 2.48. The van der Waals surface area contributed by atoms with E-state index >= 15 is 0 Å². The molecule has 3 aromatic carbocycles. The van der Waals surface area contributed by atoms with Crippen LogP contribution in [-0.2, 0) is 30.9 Å². The van der Waals surface area contributed by atoms with Crippen molar-refractivity contribution in [2.45, 2.75) is 50.1 Å². The zero-order valence-corrected chi connectivity index (χ0v) is 26.0. The molecule has 13 heteroatoms. The summed E-state index contributed by atoms with van der Waals surface area (Å²) in [6.45, 7) is 1.86. The number of hydrogen-bond acceptors (Lipinski definition) is 7.